The Bertz CT molecular complexity index is 367. The first-order valence-electron chi connectivity index (χ1n) is 6.55. The van der Waals surface area contributed by atoms with E-state index in [-0.39, 0.29) is 11.9 Å². The van der Waals surface area contributed by atoms with Crippen LogP contribution in [-0.4, -0.2) is 44.3 Å². The van der Waals surface area contributed by atoms with Crippen LogP contribution >= 0.6 is 0 Å². The molecule has 2 rings (SSSR count). The Morgan fingerprint density at radius 2 is 2.06 bits per heavy atom. The van der Waals surface area contributed by atoms with Gasteiger partial charge in [0.25, 0.3) is 0 Å². The maximum absolute atomic E-state index is 13.6. The summed E-state index contributed by atoms with van der Waals surface area (Å²) < 4.78 is 18.9. The number of rotatable bonds is 5. The number of hydrogen-bond acceptors (Lipinski definition) is 3. The average Bonchev–Trinajstić information content (AvgIpc) is 2.40. The predicted octanol–water partition coefficient (Wildman–Crippen LogP) is 1.81. The van der Waals surface area contributed by atoms with Crippen LogP contribution in [-0.2, 0) is 4.74 Å². The summed E-state index contributed by atoms with van der Waals surface area (Å²) in [5.74, 6) is -0.135. The van der Waals surface area contributed by atoms with E-state index in [2.05, 4.69) is 10.2 Å². The van der Waals surface area contributed by atoms with E-state index in [4.69, 9.17) is 4.74 Å². The number of nitrogens with zero attached hydrogens (tertiary/aromatic N) is 1. The highest BCUT2D eigenvalue weighted by molar-refractivity contribution is 5.20. The number of halogens is 1. The van der Waals surface area contributed by atoms with Gasteiger partial charge in [0.2, 0.25) is 0 Å². The summed E-state index contributed by atoms with van der Waals surface area (Å²) >= 11 is 0. The maximum Gasteiger partial charge on any atom is 0.127 e. The first kappa shape index (κ1) is 13.5. The Kier molecular flexibility index (Phi) is 5.11. The van der Waals surface area contributed by atoms with Gasteiger partial charge in [-0.15, -0.1) is 0 Å². The van der Waals surface area contributed by atoms with E-state index in [9.17, 15) is 4.39 Å². The molecule has 1 heterocycles. The highest BCUT2D eigenvalue weighted by atomic mass is 19.1. The summed E-state index contributed by atoms with van der Waals surface area (Å²) in [6.45, 7) is 7.49. The molecule has 1 saturated heterocycles. The highest BCUT2D eigenvalue weighted by Gasteiger charge is 2.12. The lowest BCUT2D eigenvalue weighted by molar-refractivity contribution is 0.0382. The molecule has 1 fully saturated rings. The summed E-state index contributed by atoms with van der Waals surface area (Å²) in [5.41, 5.74) is 0.736. The van der Waals surface area contributed by atoms with Gasteiger partial charge in [-0.05, 0) is 13.0 Å². The average molecular weight is 252 g/mol. The molecule has 1 aliphatic rings. The van der Waals surface area contributed by atoms with E-state index in [1.165, 1.54) is 6.07 Å². The number of nitrogens with one attached hydrogen (secondary N) is 1. The molecule has 0 radical (unpaired) electrons. The fraction of sp³-hybridized carbons (Fsp3) is 0.571. The number of ether oxygens (including phenoxy) is 1. The van der Waals surface area contributed by atoms with Crippen molar-refractivity contribution in [1.29, 1.82) is 0 Å². The second-order valence-corrected chi connectivity index (χ2v) is 4.65. The van der Waals surface area contributed by atoms with Gasteiger partial charge in [0, 0.05) is 37.8 Å². The van der Waals surface area contributed by atoms with Gasteiger partial charge in [0.15, 0.2) is 0 Å². The van der Waals surface area contributed by atoms with Crippen LogP contribution in [0.15, 0.2) is 24.3 Å². The Morgan fingerprint density at radius 1 is 1.33 bits per heavy atom. The van der Waals surface area contributed by atoms with Crippen molar-refractivity contribution in [3.05, 3.63) is 35.6 Å². The molecule has 0 aliphatic carbocycles. The lowest BCUT2D eigenvalue weighted by Crippen LogP contribution is -2.40. The SMILES string of the molecule is CC(NCCN1CCOCC1)c1ccccc1F. The standard InChI is InChI=1S/C14H21FN2O/c1-12(13-4-2-3-5-14(13)15)16-6-7-17-8-10-18-11-9-17/h2-5,12,16H,6-11H2,1H3. The van der Waals surface area contributed by atoms with Gasteiger partial charge in [-0.1, -0.05) is 18.2 Å². The molecule has 1 aromatic carbocycles. The van der Waals surface area contributed by atoms with Crippen LogP contribution in [0.25, 0.3) is 0 Å². The predicted molar refractivity (Wildman–Crippen MR) is 70.1 cm³/mol. The van der Waals surface area contributed by atoms with Crippen LogP contribution in [0.5, 0.6) is 0 Å². The number of benzene rings is 1. The lowest BCUT2D eigenvalue weighted by atomic mass is 10.1. The van der Waals surface area contributed by atoms with Crippen molar-refractivity contribution in [3.63, 3.8) is 0 Å². The van der Waals surface area contributed by atoms with Gasteiger partial charge < -0.3 is 10.1 Å². The van der Waals surface area contributed by atoms with Gasteiger partial charge in [0.05, 0.1) is 13.2 Å². The molecule has 0 spiro atoms. The minimum absolute atomic E-state index is 0.0484. The summed E-state index contributed by atoms with van der Waals surface area (Å²) in [7, 11) is 0. The molecule has 1 aliphatic heterocycles. The van der Waals surface area contributed by atoms with Gasteiger partial charge in [-0.3, -0.25) is 4.90 Å². The van der Waals surface area contributed by atoms with Crippen molar-refractivity contribution in [2.45, 2.75) is 13.0 Å². The van der Waals surface area contributed by atoms with Gasteiger partial charge >= 0.3 is 0 Å². The monoisotopic (exact) mass is 252 g/mol. The van der Waals surface area contributed by atoms with E-state index in [0.717, 1.165) is 45.0 Å². The zero-order chi connectivity index (χ0) is 12.8. The quantitative estimate of drug-likeness (QED) is 0.865. The van der Waals surface area contributed by atoms with E-state index in [1.807, 2.05) is 19.1 Å². The molecular formula is C14H21FN2O. The van der Waals surface area contributed by atoms with E-state index < -0.39 is 0 Å². The maximum atomic E-state index is 13.6. The minimum atomic E-state index is -0.135. The Morgan fingerprint density at radius 3 is 2.78 bits per heavy atom. The smallest absolute Gasteiger partial charge is 0.127 e. The molecular weight excluding hydrogens is 231 g/mol. The zero-order valence-corrected chi connectivity index (χ0v) is 10.9. The fourth-order valence-corrected chi connectivity index (χ4v) is 2.20. The molecule has 100 valence electrons. The molecule has 0 aromatic heterocycles. The summed E-state index contributed by atoms with van der Waals surface area (Å²) in [5, 5.41) is 3.36. The zero-order valence-electron chi connectivity index (χ0n) is 10.9. The van der Waals surface area contributed by atoms with Crippen LogP contribution in [0, 0.1) is 5.82 Å². The fourth-order valence-electron chi connectivity index (χ4n) is 2.20. The van der Waals surface area contributed by atoms with Gasteiger partial charge in [0.1, 0.15) is 5.82 Å². The van der Waals surface area contributed by atoms with Crippen LogP contribution in [0.2, 0.25) is 0 Å². The molecule has 1 unspecified atom stereocenters. The second kappa shape index (κ2) is 6.83. The number of morpholine rings is 1. The molecule has 1 atom stereocenters. The van der Waals surface area contributed by atoms with Gasteiger partial charge in [-0.2, -0.15) is 0 Å². The molecule has 0 bridgehead atoms. The van der Waals surface area contributed by atoms with E-state index >= 15 is 0 Å². The molecule has 1 N–H and O–H groups in total. The highest BCUT2D eigenvalue weighted by Crippen LogP contribution is 2.15. The molecule has 3 nitrogen and oxygen atoms in total. The van der Waals surface area contributed by atoms with Gasteiger partial charge in [-0.25, -0.2) is 4.39 Å². The largest absolute Gasteiger partial charge is 0.379 e. The van der Waals surface area contributed by atoms with Crippen molar-refractivity contribution in [1.82, 2.24) is 10.2 Å². The summed E-state index contributed by atoms with van der Waals surface area (Å²) in [4.78, 5) is 2.37. The first-order chi connectivity index (χ1) is 8.77. The lowest BCUT2D eigenvalue weighted by Gasteiger charge is -2.27. The van der Waals surface area contributed by atoms with Crippen molar-refractivity contribution >= 4 is 0 Å². The molecule has 0 saturated carbocycles. The Balaban J connectivity index is 1.74. The van der Waals surface area contributed by atoms with Crippen molar-refractivity contribution < 1.29 is 9.13 Å². The molecule has 1 aromatic rings. The van der Waals surface area contributed by atoms with E-state index in [1.54, 1.807) is 6.07 Å². The van der Waals surface area contributed by atoms with Crippen molar-refractivity contribution in [2.24, 2.45) is 0 Å². The van der Waals surface area contributed by atoms with E-state index in [0.29, 0.717) is 0 Å². The third-order valence-electron chi connectivity index (χ3n) is 3.35. The topological polar surface area (TPSA) is 24.5 Å². The third-order valence-corrected chi connectivity index (χ3v) is 3.35. The van der Waals surface area contributed by atoms with Crippen LogP contribution < -0.4 is 5.32 Å². The normalized spacial score (nSPS) is 18.8. The summed E-state index contributed by atoms with van der Waals surface area (Å²) in [6.07, 6.45) is 0. The molecule has 0 amide bonds. The van der Waals surface area contributed by atoms with Crippen LogP contribution in [0.3, 0.4) is 0 Å². The molecule has 4 heteroatoms. The van der Waals surface area contributed by atoms with Crippen molar-refractivity contribution in [2.75, 3.05) is 39.4 Å². The Hall–Kier alpha value is -0.970. The summed E-state index contributed by atoms with van der Waals surface area (Å²) in [6, 6.07) is 6.99. The molecule has 18 heavy (non-hydrogen) atoms. The van der Waals surface area contributed by atoms with Crippen LogP contribution in [0.1, 0.15) is 18.5 Å². The number of hydrogen-bond donors (Lipinski definition) is 1. The van der Waals surface area contributed by atoms with Crippen molar-refractivity contribution in [3.8, 4) is 0 Å². The third kappa shape index (κ3) is 3.77. The Labute approximate surface area is 108 Å². The first-order valence-corrected chi connectivity index (χ1v) is 6.55. The van der Waals surface area contributed by atoms with Crippen LogP contribution in [0.4, 0.5) is 4.39 Å². The minimum Gasteiger partial charge on any atom is -0.379 e. The second-order valence-electron chi connectivity index (χ2n) is 4.65.